The molecule has 10 nitrogen and oxygen atoms in total. The third-order valence-corrected chi connectivity index (χ3v) is 13.0. The van der Waals surface area contributed by atoms with Crippen molar-refractivity contribution < 1.29 is 33.4 Å². The Morgan fingerprint density at radius 1 is 1.04 bits per heavy atom. The number of methoxy groups -OCH3 is 1. The third-order valence-electron chi connectivity index (χ3n) is 13.0. The van der Waals surface area contributed by atoms with Gasteiger partial charge in [0.15, 0.2) is 17.2 Å². The Kier molecular flexibility index (Phi) is 9.91. The van der Waals surface area contributed by atoms with Crippen LogP contribution < -0.4 is 20.3 Å². The molecule has 0 spiro atoms. The molecular formula is C42H52N4O6. The fourth-order valence-corrected chi connectivity index (χ4v) is 10.3. The van der Waals surface area contributed by atoms with Crippen LogP contribution in [0.2, 0.25) is 0 Å². The Labute approximate surface area is 306 Å². The van der Waals surface area contributed by atoms with Crippen molar-refractivity contribution in [3.05, 3.63) is 67.3 Å². The maximum atomic E-state index is 16.0. The number of carboxylic acids is 1. The number of nitrogens with zero attached hydrogens (tertiary/aromatic N) is 3. The van der Waals surface area contributed by atoms with Gasteiger partial charge in [0.2, 0.25) is 0 Å². The molecule has 52 heavy (non-hydrogen) atoms. The van der Waals surface area contributed by atoms with Crippen LogP contribution in [0.15, 0.2) is 67.3 Å². The molecule has 6 atom stereocenters. The second-order valence-corrected chi connectivity index (χ2v) is 15.5. The largest absolute Gasteiger partial charge is 0.544 e. The summed E-state index contributed by atoms with van der Waals surface area (Å²) < 4.78 is 11.9. The molecule has 10 heteroatoms. The Hall–Kier alpha value is -4.28. The maximum absolute atomic E-state index is 16.0. The van der Waals surface area contributed by atoms with Crippen molar-refractivity contribution in [2.45, 2.75) is 101 Å². The molecule has 2 aromatic carbocycles. The van der Waals surface area contributed by atoms with Crippen molar-refractivity contribution in [3.63, 3.8) is 0 Å². The summed E-state index contributed by atoms with van der Waals surface area (Å²) in [5.74, 6) is -1.56. The highest BCUT2D eigenvalue weighted by Gasteiger charge is 2.82. The molecule has 1 aromatic heterocycles. The molecule has 2 saturated heterocycles. The van der Waals surface area contributed by atoms with Crippen LogP contribution in [0.5, 0.6) is 11.5 Å². The molecular weight excluding hydrogens is 656 g/mol. The average molecular weight is 709 g/mol. The molecule has 276 valence electrons. The van der Waals surface area contributed by atoms with Crippen molar-refractivity contribution in [2.75, 3.05) is 26.7 Å². The summed E-state index contributed by atoms with van der Waals surface area (Å²) in [6.45, 7) is 7.34. The summed E-state index contributed by atoms with van der Waals surface area (Å²) in [6.07, 6.45) is 9.29. The summed E-state index contributed by atoms with van der Waals surface area (Å²) >= 11 is 0. The summed E-state index contributed by atoms with van der Waals surface area (Å²) in [4.78, 5) is 51.2. The highest BCUT2D eigenvalue weighted by atomic mass is 16.5. The average Bonchev–Trinajstić information content (AvgIpc) is 3.84. The van der Waals surface area contributed by atoms with Crippen LogP contribution in [0.3, 0.4) is 0 Å². The summed E-state index contributed by atoms with van der Waals surface area (Å²) in [5, 5.41) is 14.4. The van der Waals surface area contributed by atoms with Gasteiger partial charge in [-0.15, -0.1) is 6.58 Å². The zero-order chi connectivity index (χ0) is 36.7. The normalized spacial score (nSPS) is 30.0. The first-order valence-corrected chi connectivity index (χ1v) is 19.2. The van der Waals surface area contributed by atoms with E-state index >= 15 is 4.79 Å². The lowest BCUT2D eigenvalue weighted by atomic mass is 9.79. The first-order chi connectivity index (χ1) is 25.2. The number of pyridine rings is 1. The number of nitrogens with two attached hydrogens (primary N) is 1. The number of carbonyl (C=O) groups excluding carboxylic acids is 3. The number of benzene rings is 2. The molecule has 2 N–H and O–H groups in total. The minimum Gasteiger partial charge on any atom is -0.544 e. The second-order valence-electron chi connectivity index (χ2n) is 15.5. The molecule has 2 amide bonds. The summed E-state index contributed by atoms with van der Waals surface area (Å²) in [6, 6.07) is 16.7. The van der Waals surface area contributed by atoms with Gasteiger partial charge in [0.05, 0.1) is 24.7 Å². The van der Waals surface area contributed by atoms with Crippen LogP contribution in [0.4, 0.5) is 0 Å². The fourth-order valence-electron chi connectivity index (χ4n) is 10.3. The Bertz CT molecular complexity index is 1820. The molecule has 2 aliphatic heterocycles. The van der Waals surface area contributed by atoms with Gasteiger partial charge in [-0.3, -0.25) is 9.69 Å². The van der Waals surface area contributed by atoms with Gasteiger partial charge in [0.1, 0.15) is 30.1 Å². The summed E-state index contributed by atoms with van der Waals surface area (Å²) in [5.41, 5.74) is 5.47. The van der Waals surface area contributed by atoms with Gasteiger partial charge in [0, 0.05) is 41.8 Å². The van der Waals surface area contributed by atoms with Gasteiger partial charge >= 0.3 is 5.91 Å². The molecule has 3 heterocycles. The van der Waals surface area contributed by atoms with Crippen LogP contribution in [0, 0.1) is 11.8 Å². The maximum Gasteiger partial charge on any atom is 0.332 e. The number of carbonyl (C=O) groups is 3. The van der Waals surface area contributed by atoms with Crippen LogP contribution in [-0.4, -0.2) is 82.1 Å². The smallest absolute Gasteiger partial charge is 0.332 e. The van der Waals surface area contributed by atoms with Gasteiger partial charge in [-0.05, 0) is 56.8 Å². The van der Waals surface area contributed by atoms with Crippen molar-refractivity contribution >= 4 is 28.7 Å². The van der Waals surface area contributed by atoms with Crippen molar-refractivity contribution in [3.8, 4) is 22.8 Å². The molecule has 0 radical (unpaired) electrons. The number of carboxylic acid groups (broad SMARTS) is 1. The number of piperidine rings is 1. The van der Waals surface area contributed by atoms with Crippen LogP contribution in [0.25, 0.3) is 22.2 Å². The van der Waals surface area contributed by atoms with Crippen molar-refractivity contribution in [1.29, 1.82) is 0 Å². The topological polar surface area (TPSA) is 135 Å². The monoisotopic (exact) mass is 708 g/mol. The van der Waals surface area contributed by atoms with E-state index in [1.54, 1.807) is 13.2 Å². The van der Waals surface area contributed by atoms with E-state index in [1.807, 2.05) is 61.5 Å². The van der Waals surface area contributed by atoms with E-state index in [0.29, 0.717) is 22.7 Å². The van der Waals surface area contributed by atoms with Crippen LogP contribution >= 0.6 is 0 Å². The highest BCUT2D eigenvalue weighted by Crippen LogP contribution is 2.62. The quantitative estimate of drug-likeness (QED) is 0.201. The van der Waals surface area contributed by atoms with E-state index in [-0.39, 0.29) is 37.6 Å². The number of fused-ring (bicyclic) bond motifs is 1. The lowest BCUT2D eigenvalue weighted by molar-refractivity contribution is -0.914. The fraction of sp³-hybridized carbons (Fsp3) is 0.524. The number of aromatic nitrogens is 1. The number of likely N-dealkylation sites (tertiary alicyclic amines) is 2. The van der Waals surface area contributed by atoms with E-state index in [1.165, 1.54) is 0 Å². The number of hydrogen-bond donors (Lipinski definition) is 1. The highest BCUT2D eigenvalue weighted by molar-refractivity contribution is 5.93. The number of amides is 2. The first kappa shape index (κ1) is 36.1. The molecule has 3 aromatic rings. The Morgan fingerprint density at radius 2 is 1.75 bits per heavy atom. The SMILES string of the molecule is C=CC1CC1(C(=O)[O-])[N+]1(C(=O)[C@H](C2CCCCC2)N2CCCCC2)C[C@H](Oc2cc(-c3ccccc3)nc3cc(OC)ccc23)C[C@@]1(CC)C(N)=O. The third kappa shape index (κ3) is 5.69. The standard InChI is InChI=1S/C42H52N4O6/c1-4-30-25-42(30,40(49)50)46(38(47)37(29-17-11-7-12-18-29)45-21-13-8-14-22-45)27-32(26-41(46,5-2)39(43)48)52-36-24-34(28-15-9-6-10-16-28)44-35-23-31(51-3)19-20-33(35)36/h4,6,9-10,15-16,19-20,23-24,29-30,32,37H,1,5,7-8,11-14,17-18,21-22,25-27H2,2-3H3,(H2-,43,48,49,50)/t30?,32-,37+,41+,42?,46?/m1/s1. The van der Waals surface area contributed by atoms with Gasteiger partial charge in [-0.1, -0.05) is 69.0 Å². The first-order valence-electron chi connectivity index (χ1n) is 19.2. The minimum absolute atomic E-state index is 0.0222. The van der Waals surface area contributed by atoms with Gasteiger partial charge < -0.3 is 25.1 Å². The molecule has 2 aliphatic carbocycles. The predicted molar refractivity (Wildman–Crippen MR) is 197 cm³/mol. The van der Waals surface area contributed by atoms with E-state index in [2.05, 4.69) is 11.5 Å². The van der Waals surface area contributed by atoms with Crippen LogP contribution in [-0.2, 0) is 14.4 Å². The lowest BCUT2D eigenvalue weighted by Crippen LogP contribution is -2.80. The molecule has 0 bridgehead atoms. The molecule has 3 unspecified atom stereocenters. The zero-order valence-corrected chi connectivity index (χ0v) is 30.6. The number of hydrogen-bond acceptors (Lipinski definition) is 8. The van der Waals surface area contributed by atoms with Gasteiger partial charge in [-0.25, -0.2) is 14.3 Å². The zero-order valence-electron chi connectivity index (χ0n) is 30.6. The van der Waals surface area contributed by atoms with Crippen molar-refractivity contribution in [2.24, 2.45) is 17.6 Å². The number of aliphatic carboxylic acids is 1. The van der Waals surface area contributed by atoms with Crippen LogP contribution in [0.1, 0.15) is 77.6 Å². The number of primary amides is 1. The number of rotatable bonds is 12. The summed E-state index contributed by atoms with van der Waals surface area (Å²) in [7, 11) is 1.60. The molecule has 4 fully saturated rings. The molecule has 4 aliphatic rings. The van der Waals surface area contributed by atoms with E-state index < -0.39 is 45.5 Å². The lowest BCUT2D eigenvalue weighted by Gasteiger charge is -2.53. The second kappa shape index (κ2) is 14.3. The Balaban J connectivity index is 1.40. The van der Waals surface area contributed by atoms with E-state index in [0.717, 1.165) is 75.4 Å². The van der Waals surface area contributed by atoms with E-state index in [9.17, 15) is 14.7 Å². The van der Waals surface area contributed by atoms with Gasteiger partial charge in [-0.2, -0.15) is 0 Å². The van der Waals surface area contributed by atoms with Gasteiger partial charge in [0.25, 0.3) is 5.91 Å². The molecule has 2 saturated carbocycles. The number of quaternary nitrogens is 1. The predicted octanol–water partition coefficient (Wildman–Crippen LogP) is 5.17. The Morgan fingerprint density at radius 3 is 2.37 bits per heavy atom. The molecule has 7 rings (SSSR count). The minimum atomic E-state index is -1.69. The van der Waals surface area contributed by atoms with Crippen molar-refractivity contribution in [1.82, 2.24) is 9.88 Å². The number of ether oxygens (including phenoxy) is 2. The van der Waals surface area contributed by atoms with E-state index in [4.69, 9.17) is 20.2 Å².